The smallest absolute Gasteiger partial charge is 0.320 e. The highest BCUT2D eigenvalue weighted by Crippen LogP contribution is 2.46. The van der Waals surface area contributed by atoms with E-state index in [1.54, 1.807) is 42.5 Å². The minimum absolute atomic E-state index is 0.0202. The third kappa shape index (κ3) is 4.79. The lowest BCUT2D eigenvalue weighted by atomic mass is 9.89. The van der Waals surface area contributed by atoms with E-state index in [0.29, 0.717) is 18.4 Å². The molecule has 1 N–H and O–H groups in total. The molecule has 0 aliphatic carbocycles. The lowest BCUT2D eigenvalue weighted by molar-refractivity contribution is -0.122. The van der Waals surface area contributed by atoms with Crippen molar-refractivity contribution in [3.05, 3.63) is 40.7 Å². The summed E-state index contributed by atoms with van der Waals surface area (Å²) in [5.74, 6) is 0.682. The number of nitrogens with zero attached hydrogens (tertiary/aromatic N) is 5. The standard InChI is InChI=1S/C20H26FN5OS.CH2O2/c1-12(2)18-22-23-19(28-18)25-9-14-10-26(20(27)24(3)4)17(16(14)11-25)13-6-5-7-15(21)8-13;2-1-3/h5-8,12,14,16-17H,9-11H2,1-4H3;1H,(H,2,3)/t14-,16-,17-;/m1./s1. The van der Waals surface area contributed by atoms with Gasteiger partial charge in [-0.2, -0.15) is 0 Å². The van der Waals surface area contributed by atoms with E-state index in [-0.39, 0.29) is 30.3 Å². The zero-order chi connectivity index (χ0) is 22.7. The van der Waals surface area contributed by atoms with Crippen LogP contribution in [0.15, 0.2) is 24.3 Å². The highest BCUT2D eigenvalue weighted by molar-refractivity contribution is 7.15. The van der Waals surface area contributed by atoms with Gasteiger partial charge in [0.1, 0.15) is 10.8 Å². The van der Waals surface area contributed by atoms with Crippen molar-refractivity contribution in [2.24, 2.45) is 11.8 Å². The van der Waals surface area contributed by atoms with Crippen LogP contribution in [0.2, 0.25) is 0 Å². The van der Waals surface area contributed by atoms with Crippen molar-refractivity contribution in [1.29, 1.82) is 0 Å². The molecule has 3 heterocycles. The van der Waals surface area contributed by atoms with Gasteiger partial charge in [-0.25, -0.2) is 9.18 Å². The number of halogens is 1. The molecule has 1 aromatic carbocycles. The normalized spacial score (nSPS) is 22.2. The molecule has 0 saturated carbocycles. The van der Waals surface area contributed by atoms with Crippen molar-refractivity contribution in [1.82, 2.24) is 20.0 Å². The van der Waals surface area contributed by atoms with Crippen molar-refractivity contribution in [2.45, 2.75) is 25.8 Å². The molecule has 0 unspecified atom stereocenters. The maximum absolute atomic E-state index is 13.9. The summed E-state index contributed by atoms with van der Waals surface area (Å²) in [7, 11) is 3.53. The Hall–Kier alpha value is -2.75. The first-order valence-electron chi connectivity index (χ1n) is 10.2. The van der Waals surface area contributed by atoms with E-state index in [9.17, 15) is 9.18 Å². The van der Waals surface area contributed by atoms with Crippen LogP contribution in [-0.4, -0.2) is 71.3 Å². The quantitative estimate of drug-likeness (QED) is 0.724. The summed E-state index contributed by atoms with van der Waals surface area (Å²) < 4.78 is 13.9. The van der Waals surface area contributed by atoms with E-state index < -0.39 is 0 Å². The van der Waals surface area contributed by atoms with Crippen LogP contribution in [-0.2, 0) is 4.79 Å². The van der Waals surface area contributed by atoms with Gasteiger partial charge in [0, 0.05) is 51.5 Å². The van der Waals surface area contributed by atoms with Gasteiger partial charge in [-0.3, -0.25) is 4.79 Å². The average Bonchev–Trinajstić information content (AvgIpc) is 3.41. The van der Waals surface area contributed by atoms with Crippen LogP contribution in [0.5, 0.6) is 0 Å². The third-order valence-corrected chi connectivity index (χ3v) is 6.96. The van der Waals surface area contributed by atoms with Gasteiger partial charge in [-0.15, -0.1) is 10.2 Å². The molecule has 2 fully saturated rings. The van der Waals surface area contributed by atoms with Crippen LogP contribution < -0.4 is 4.90 Å². The van der Waals surface area contributed by atoms with Crippen molar-refractivity contribution < 1.29 is 19.1 Å². The van der Waals surface area contributed by atoms with Crippen molar-refractivity contribution in [2.75, 3.05) is 38.6 Å². The number of carboxylic acid groups (broad SMARTS) is 1. The van der Waals surface area contributed by atoms with Gasteiger partial charge in [0.05, 0.1) is 6.04 Å². The molecule has 3 atom stereocenters. The van der Waals surface area contributed by atoms with Crippen molar-refractivity contribution in [3.63, 3.8) is 0 Å². The summed E-state index contributed by atoms with van der Waals surface area (Å²) in [6.45, 7) is 6.31. The molecule has 8 nitrogen and oxygen atoms in total. The second kappa shape index (κ2) is 9.59. The lowest BCUT2D eigenvalue weighted by Gasteiger charge is -2.31. The molecule has 0 bridgehead atoms. The fraction of sp³-hybridized carbons (Fsp3) is 0.524. The summed E-state index contributed by atoms with van der Waals surface area (Å²) in [5.41, 5.74) is 0.865. The monoisotopic (exact) mass is 449 g/mol. The van der Waals surface area contributed by atoms with Crippen LogP contribution in [0.3, 0.4) is 0 Å². The molecule has 0 radical (unpaired) electrons. The molecule has 2 aliphatic heterocycles. The molecule has 31 heavy (non-hydrogen) atoms. The summed E-state index contributed by atoms with van der Waals surface area (Å²) >= 11 is 1.64. The molecule has 2 aromatic rings. The largest absolute Gasteiger partial charge is 0.483 e. The molecule has 0 spiro atoms. The highest BCUT2D eigenvalue weighted by Gasteiger charge is 2.50. The fourth-order valence-electron chi connectivity index (χ4n) is 4.36. The number of carbonyl (C=O) groups excluding carboxylic acids is 1. The van der Waals surface area contributed by atoms with Crippen LogP contribution >= 0.6 is 11.3 Å². The molecule has 10 heteroatoms. The van der Waals surface area contributed by atoms with E-state index in [4.69, 9.17) is 9.90 Å². The van der Waals surface area contributed by atoms with Crippen LogP contribution in [0.1, 0.15) is 36.4 Å². The Balaban J connectivity index is 0.000000858. The minimum atomic E-state index is -0.265. The van der Waals surface area contributed by atoms with E-state index in [0.717, 1.165) is 28.8 Å². The molecular weight excluding hydrogens is 421 g/mol. The Bertz CT molecular complexity index is 922. The molecule has 4 rings (SSSR count). The number of fused-ring (bicyclic) bond motifs is 1. The number of amides is 2. The Labute approximate surface area is 185 Å². The second-order valence-electron chi connectivity index (χ2n) is 8.34. The molecule has 2 aliphatic rings. The van der Waals surface area contributed by atoms with E-state index in [1.165, 1.54) is 6.07 Å². The van der Waals surface area contributed by atoms with E-state index in [2.05, 4.69) is 28.9 Å². The first kappa shape index (κ1) is 22.9. The number of benzene rings is 1. The number of hydrogen-bond donors (Lipinski definition) is 1. The Morgan fingerprint density at radius 2 is 2.00 bits per heavy atom. The van der Waals surface area contributed by atoms with Crippen LogP contribution in [0, 0.1) is 17.7 Å². The third-order valence-electron chi connectivity index (χ3n) is 5.68. The van der Waals surface area contributed by atoms with Gasteiger partial charge < -0.3 is 19.8 Å². The molecule has 2 amide bonds. The molecule has 1 aromatic heterocycles. The van der Waals surface area contributed by atoms with Crippen LogP contribution in [0.25, 0.3) is 0 Å². The van der Waals surface area contributed by atoms with E-state index >= 15 is 0 Å². The number of likely N-dealkylation sites (tertiary alicyclic amines) is 1. The van der Waals surface area contributed by atoms with Gasteiger partial charge in [-0.1, -0.05) is 37.3 Å². The Morgan fingerprint density at radius 1 is 1.29 bits per heavy atom. The number of anilines is 1. The summed E-state index contributed by atoms with van der Waals surface area (Å²) in [4.78, 5) is 26.9. The van der Waals surface area contributed by atoms with Crippen molar-refractivity contribution >= 4 is 29.0 Å². The number of aromatic nitrogens is 2. The van der Waals surface area contributed by atoms with Crippen LogP contribution in [0.4, 0.5) is 14.3 Å². The predicted molar refractivity (Wildman–Crippen MR) is 117 cm³/mol. The van der Waals surface area contributed by atoms with Gasteiger partial charge >= 0.3 is 6.03 Å². The zero-order valence-corrected chi connectivity index (χ0v) is 18.9. The summed E-state index contributed by atoms with van der Waals surface area (Å²) in [6.07, 6.45) is 0. The minimum Gasteiger partial charge on any atom is -0.483 e. The number of hydrogen-bond acceptors (Lipinski definition) is 6. The average molecular weight is 450 g/mol. The summed E-state index contributed by atoms with van der Waals surface area (Å²) in [5, 5.41) is 17.6. The second-order valence-corrected chi connectivity index (χ2v) is 9.33. The first-order valence-corrected chi connectivity index (χ1v) is 11.0. The zero-order valence-electron chi connectivity index (χ0n) is 18.1. The molecular formula is C21H28FN5O3S. The number of urea groups is 1. The topological polar surface area (TPSA) is 89.9 Å². The first-order chi connectivity index (χ1) is 14.8. The predicted octanol–water partition coefficient (Wildman–Crippen LogP) is 3.29. The fourth-order valence-corrected chi connectivity index (χ4v) is 5.22. The maximum atomic E-state index is 13.9. The van der Waals surface area contributed by atoms with Gasteiger partial charge in [0.2, 0.25) is 5.13 Å². The van der Waals surface area contributed by atoms with Gasteiger partial charge in [0.15, 0.2) is 0 Å². The van der Waals surface area contributed by atoms with E-state index in [1.807, 2.05) is 11.0 Å². The number of carbonyl (C=O) groups is 2. The van der Waals surface area contributed by atoms with Crippen molar-refractivity contribution in [3.8, 4) is 0 Å². The number of rotatable bonds is 3. The lowest BCUT2D eigenvalue weighted by Crippen LogP contribution is -2.41. The summed E-state index contributed by atoms with van der Waals surface area (Å²) in [6, 6.07) is 6.52. The highest BCUT2D eigenvalue weighted by atomic mass is 32.1. The Kier molecular flexibility index (Phi) is 7.09. The molecule has 2 saturated heterocycles. The SMILES string of the molecule is CC(C)c1nnc(N2C[C@@H]3CN(C(=O)N(C)C)[C@H](c4cccc(F)c4)[C@@H]3C2)s1.O=CO. The molecule has 168 valence electrons. The Morgan fingerprint density at radius 3 is 2.58 bits per heavy atom. The maximum Gasteiger partial charge on any atom is 0.320 e. The van der Waals surface area contributed by atoms with Gasteiger partial charge in [-0.05, 0) is 17.7 Å². The van der Waals surface area contributed by atoms with Gasteiger partial charge in [0.25, 0.3) is 6.47 Å².